The van der Waals surface area contributed by atoms with Crippen molar-refractivity contribution in [2.24, 2.45) is 0 Å². The van der Waals surface area contributed by atoms with Crippen LogP contribution in [0, 0.1) is 0 Å². The first kappa shape index (κ1) is 14.1. The van der Waals surface area contributed by atoms with Gasteiger partial charge in [0.05, 0.1) is 13.2 Å². The van der Waals surface area contributed by atoms with Gasteiger partial charge in [-0.3, -0.25) is 4.90 Å². The molecular formula is C14H19NO3S. The van der Waals surface area contributed by atoms with Gasteiger partial charge in [0, 0.05) is 11.4 Å². The maximum atomic E-state index is 11.8. The number of amides is 1. The summed E-state index contributed by atoms with van der Waals surface area (Å²) < 4.78 is 10.3. The fourth-order valence-corrected chi connectivity index (χ4v) is 2.98. The van der Waals surface area contributed by atoms with Crippen molar-refractivity contribution in [3.63, 3.8) is 0 Å². The fraction of sp³-hybridized carbons (Fsp3) is 0.500. The molecule has 0 saturated carbocycles. The number of carbonyl (C=O) groups excluding carboxylic acids is 1. The van der Waals surface area contributed by atoms with Gasteiger partial charge in [-0.1, -0.05) is 6.92 Å². The van der Waals surface area contributed by atoms with Crippen LogP contribution in [0.5, 0.6) is 5.75 Å². The highest BCUT2D eigenvalue weighted by Gasteiger charge is 2.33. The fourth-order valence-electron chi connectivity index (χ4n) is 2.01. The lowest BCUT2D eigenvalue weighted by Gasteiger charge is -2.21. The molecule has 0 aromatic heterocycles. The Kier molecular flexibility index (Phi) is 4.96. The number of methoxy groups -OCH3 is 1. The summed E-state index contributed by atoms with van der Waals surface area (Å²) in [4.78, 5) is 13.6. The van der Waals surface area contributed by atoms with Gasteiger partial charge in [-0.15, -0.1) is 0 Å². The van der Waals surface area contributed by atoms with Crippen LogP contribution in [-0.4, -0.2) is 37.4 Å². The van der Waals surface area contributed by atoms with E-state index in [9.17, 15) is 4.79 Å². The molecule has 0 radical (unpaired) electrons. The second-order valence-corrected chi connectivity index (χ2v) is 5.52. The summed E-state index contributed by atoms with van der Waals surface area (Å²) in [5.41, 5.74) is 0.866. The van der Waals surface area contributed by atoms with Gasteiger partial charge in [-0.05, 0) is 36.4 Å². The van der Waals surface area contributed by atoms with E-state index in [0.717, 1.165) is 29.4 Å². The normalized spacial score (nSPS) is 18.5. The van der Waals surface area contributed by atoms with Crippen molar-refractivity contribution in [3.05, 3.63) is 24.3 Å². The van der Waals surface area contributed by atoms with Gasteiger partial charge in [0.2, 0.25) is 0 Å². The predicted octanol–water partition coefficient (Wildman–Crippen LogP) is 3.16. The highest BCUT2D eigenvalue weighted by atomic mass is 32.2. The summed E-state index contributed by atoms with van der Waals surface area (Å²) in [5, 5.41) is 0. The van der Waals surface area contributed by atoms with E-state index in [0.29, 0.717) is 6.61 Å². The van der Waals surface area contributed by atoms with Gasteiger partial charge >= 0.3 is 6.09 Å². The summed E-state index contributed by atoms with van der Waals surface area (Å²) in [6.45, 7) is 2.63. The van der Waals surface area contributed by atoms with Crippen molar-refractivity contribution in [2.45, 2.75) is 19.4 Å². The van der Waals surface area contributed by atoms with Gasteiger partial charge in [0.15, 0.2) is 0 Å². The predicted molar refractivity (Wildman–Crippen MR) is 78.2 cm³/mol. The zero-order chi connectivity index (χ0) is 13.7. The SMILES string of the molecule is CCCSCC1COC(=O)N1c1ccc(OC)cc1. The third-order valence-electron chi connectivity index (χ3n) is 2.97. The summed E-state index contributed by atoms with van der Waals surface area (Å²) >= 11 is 1.86. The Bertz CT molecular complexity index is 421. The van der Waals surface area contributed by atoms with E-state index in [4.69, 9.17) is 9.47 Å². The van der Waals surface area contributed by atoms with Crippen LogP contribution >= 0.6 is 11.8 Å². The van der Waals surface area contributed by atoms with Crippen molar-refractivity contribution in [3.8, 4) is 5.75 Å². The topological polar surface area (TPSA) is 38.8 Å². The summed E-state index contributed by atoms with van der Waals surface area (Å²) in [6.07, 6.45) is 0.890. The highest BCUT2D eigenvalue weighted by Crippen LogP contribution is 2.27. The van der Waals surface area contributed by atoms with Gasteiger partial charge < -0.3 is 9.47 Å². The van der Waals surface area contributed by atoms with E-state index in [-0.39, 0.29) is 12.1 Å². The van der Waals surface area contributed by atoms with E-state index in [1.807, 2.05) is 36.0 Å². The summed E-state index contributed by atoms with van der Waals surface area (Å²) in [5.74, 6) is 2.81. The number of hydrogen-bond donors (Lipinski definition) is 0. The molecule has 1 saturated heterocycles. The third-order valence-corrected chi connectivity index (χ3v) is 4.29. The molecule has 0 bridgehead atoms. The summed E-state index contributed by atoms with van der Waals surface area (Å²) in [6, 6.07) is 7.62. The van der Waals surface area contributed by atoms with Crippen LogP contribution in [0.1, 0.15) is 13.3 Å². The molecule has 0 aliphatic carbocycles. The van der Waals surface area contributed by atoms with Crippen molar-refractivity contribution in [2.75, 3.05) is 30.1 Å². The Morgan fingerprint density at radius 2 is 2.16 bits per heavy atom. The number of carbonyl (C=O) groups is 1. The van der Waals surface area contributed by atoms with Gasteiger partial charge in [-0.25, -0.2) is 4.79 Å². The molecule has 104 valence electrons. The zero-order valence-electron chi connectivity index (χ0n) is 11.3. The Hall–Kier alpha value is -1.36. The quantitative estimate of drug-likeness (QED) is 0.751. The molecule has 1 aliphatic heterocycles. The van der Waals surface area contributed by atoms with E-state index in [2.05, 4.69) is 6.92 Å². The van der Waals surface area contributed by atoms with Gasteiger partial charge in [0.1, 0.15) is 12.4 Å². The average Bonchev–Trinajstić information content (AvgIpc) is 2.80. The minimum absolute atomic E-state index is 0.123. The minimum atomic E-state index is -0.257. The van der Waals surface area contributed by atoms with Crippen LogP contribution < -0.4 is 9.64 Å². The molecule has 1 unspecified atom stereocenters. The molecule has 1 aromatic carbocycles. The highest BCUT2D eigenvalue weighted by molar-refractivity contribution is 7.99. The molecule has 1 atom stereocenters. The molecule has 0 N–H and O–H groups in total. The molecule has 1 amide bonds. The summed E-state index contributed by atoms with van der Waals surface area (Å²) in [7, 11) is 1.63. The van der Waals surface area contributed by atoms with Crippen LogP contribution in [0.25, 0.3) is 0 Å². The first-order valence-electron chi connectivity index (χ1n) is 6.44. The maximum Gasteiger partial charge on any atom is 0.414 e. The number of rotatable bonds is 6. The third kappa shape index (κ3) is 3.35. The van der Waals surface area contributed by atoms with Crippen LogP contribution in [0.2, 0.25) is 0 Å². The Morgan fingerprint density at radius 3 is 2.79 bits per heavy atom. The molecule has 19 heavy (non-hydrogen) atoms. The van der Waals surface area contributed by atoms with Crippen LogP contribution in [0.15, 0.2) is 24.3 Å². The largest absolute Gasteiger partial charge is 0.497 e. The Balaban J connectivity index is 2.07. The molecule has 1 aromatic rings. The van der Waals surface area contributed by atoms with E-state index in [1.54, 1.807) is 12.0 Å². The first-order chi connectivity index (χ1) is 9.26. The van der Waals surface area contributed by atoms with Crippen molar-refractivity contribution >= 4 is 23.5 Å². The second kappa shape index (κ2) is 6.70. The molecule has 2 rings (SSSR count). The van der Waals surface area contributed by atoms with Crippen LogP contribution in [0.3, 0.4) is 0 Å². The average molecular weight is 281 g/mol. The lowest BCUT2D eigenvalue weighted by molar-refractivity contribution is 0.179. The first-order valence-corrected chi connectivity index (χ1v) is 7.59. The van der Waals surface area contributed by atoms with E-state index >= 15 is 0 Å². The smallest absolute Gasteiger partial charge is 0.414 e. The number of hydrogen-bond acceptors (Lipinski definition) is 4. The van der Waals surface area contributed by atoms with Crippen molar-refractivity contribution in [1.82, 2.24) is 0 Å². The number of anilines is 1. The number of thioether (sulfide) groups is 1. The molecule has 1 fully saturated rings. The molecule has 0 spiro atoms. The molecule has 1 heterocycles. The maximum absolute atomic E-state index is 11.8. The van der Waals surface area contributed by atoms with Crippen molar-refractivity contribution < 1.29 is 14.3 Å². The van der Waals surface area contributed by atoms with Gasteiger partial charge in [-0.2, -0.15) is 11.8 Å². The van der Waals surface area contributed by atoms with Gasteiger partial charge in [0.25, 0.3) is 0 Å². The van der Waals surface area contributed by atoms with E-state index < -0.39 is 0 Å². The molecular weight excluding hydrogens is 262 g/mol. The Morgan fingerprint density at radius 1 is 1.42 bits per heavy atom. The number of nitrogens with zero attached hydrogens (tertiary/aromatic N) is 1. The molecule has 4 nitrogen and oxygen atoms in total. The van der Waals surface area contributed by atoms with Crippen LogP contribution in [-0.2, 0) is 4.74 Å². The number of ether oxygens (including phenoxy) is 2. The molecule has 1 aliphatic rings. The second-order valence-electron chi connectivity index (χ2n) is 4.37. The Labute approximate surface area is 118 Å². The minimum Gasteiger partial charge on any atom is -0.497 e. The lowest BCUT2D eigenvalue weighted by Crippen LogP contribution is -2.35. The number of cyclic esters (lactones) is 1. The monoisotopic (exact) mass is 281 g/mol. The zero-order valence-corrected chi connectivity index (χ0v) is 12.1. The van der Waals surface area contributed by atoms with Crippen LogP contribution in [0.4, 0.5) is 10.5 Å². The number of benzene rings is 1. The van der Waals surface area contributed by atoms with Crippen molar-refractivity contribution in [1.29, 1.82) is 0 Å². The standard InChI is InChI=1S/C14H19NO3S/c1-3-8-19-10-12-9-18-14(16)15(12)11-4-6-13(17-2)7-5-11/h4-7,12H,3,8-10H2,1-2H3. The van der Waals surface area contributed by atoms with E-state index in [1.165, 1.54) is 0 Å². The lowest BCUT2D eigenvalue weighted by atomic mass is 10.2. The molecule has 5 heteroatoms.